The molecule has 2 rings (SSSR count). The second-order valence-corrected chi connectivity index (χ2v) is 6.59. The Labute approximate surface area is 117 Å². The van der Waals surface area contributed by atoms with E-state index < -0.39 is 0 Å². The summed E-state index contributed by atoms with van der Waals surface area (Å²) in [7, 11) is 1.76. The minimum absolute atomic E-state index is 0.129. The number of nitrogens with one attached hydrogen (secondary N) is 1. The fraction of sp³-hybridized carbons (Fsp3) is 0.647. The lowest BCUT2D eigenvalue weighted by Gasteiger charge is -2.24. The van der Waals surface area contributed by atoms with Gasteiger partial charge in [0.1, 0.15) is 5.75 Å². The molecule has 0 aromatic heterocycles. The van der Waals surface area contributed by atoms with Crippen molar-refractivity contribution in [3.63, 3.8) is 0 Å². The molecule has 0 aliphatic carbocycles. The molecule has 1 unspecified atom stereocenters. The molecular weight excluding hydrogens is 234 g/mol. The lowest BCUT2D eigenvalue weighted by Crippen LogP contribution is -2.15. The standard InChI is InChI=1S/C17H27NO/c1-17(2,3)15-12-14(7-8-16(15)19-4)13-6-5-10-18-11-9-13/h7-8,12-13,18H,5-6,9-11H2,1-4H3. The molecule has 2 heteroatoms. The summed E-state index contributed by atoms with van der Waals surface area (Å²) in [5.41, 5.74) is 2.93. The van der Waals surface area contributed by atoms with Crippen molar-refractivity contribution in [2.45, 2.75) is 51.4 Å². The smallest absolute Gasteiger partial charge is 0.122 e. The SMILES string of the molecule is COc1ccc(C2CCCNCC2)cc1C(C)(C)C. The van der Waals surface area contributed by atoms with Crippen molar-refractivity contribution in [2.24, 2.45) is 0 Å². The van der Waals surface area contributed by atoms with Crippen LogP contribution in [0.4, 0.5) is 0 Å². The maximum atomic E-state index is 5.53. The highest BCUT2D eigenvalue weighted by atomic mass is 16.5. The van der Waals surface area contributed by atoms with E-state index in [1.165, 1.54) is 36.9 Å². The van der Waals surface area contributed by atoms with Gasteiger partial charge < -0.3 is 10.1 Å². The summed E-state index contributed by atoms with van der Waals surface area (Å²) in [4.78, 5) is 0. The van der Waals surface area contributed by atoms with E-state index in [1.54, 1.807) is 7.11 Å². The van der Waals surface area contributed by atoms with Gasteiger partial charge in [-0.15, -0.1) is 0 Å². The lowest BCUT2D eigenvalue weighted by molar-refractivity contribution is 0.397. The third-order valence-electron chi connectivity index (χ3n) is 4.08. The van der Waals surface area contributed by atoms with Crippen LogP contribution in [0.3, 0.4) is 0 Å². The van der Waals surface area contributed by atoms with E-state index >= 15 is 0 Å². The molecule has 106 valence electrons. The molecule has 0 saturated carbocycles. The zero-order valence-electron chi connectivity index (χ0n) is 12.8. The first-order valence-electron chi connectivity index (χ1n) is 7.41. The van der Waals surface area contributed by atoms with Crippen LogP contribution in [0, 0.1) is 0 Å². The summed E-state index contributed by atoms with van der Waals surface area (Å²) in [5, 5.41) is 3.49. The van der Waals surface area contributed by atoms with Gasteiger partial charge in [-0.25, -0.2) is 0 Å². The zero-order chi connectivity index (χ0) is 13.9. The van der Waals surface area contributed by atoms with Gasteiger partial charge in [0.15, 0.2) is 0 Å². The molecule has 1 N–H and O–H groups in total. The van der Waals surface area contributed by atoms with Crippen LogP contribution in [-0.2, 0) is 5.41 Å². The van der Waals surface area contributed by atoms with E-state index in [4.69, 9.17) is 4.74 Å². The van der Waals surface area contributed by atoms with Crippen LogP contribution >= 0.6 is 0 Å². The Morgan fingerprint density at radius 2 is 1.95 bits per heavy atom. The van der Waals surface area contributed by atoms with Crippen LogP contribution in [0.25, 0.3) is 0 Å². The Bertz CT molecular complexity index is 412. The molecule has 1 aromatic rings. The molecule has 1 fully saturated rings. The Balaban J connectivity index is 2.31. The van der Waals surface area contributed by atoms with E-state index in [1.807, 2.05) is 0 Å². The Hall–Kier alpha value is -1.02. The summed E-state index contributed by atoms with van der Waals surface area (Å²) < 4.78 is 5.53. The second-order valence-electron chi connectivity index (χ2n) is 6.59. The normalized spacial score (nSPS) is 20.9. The predicted molar refractivity (Wildman–Crippen MR) is 81.2 cm³/mol. The van der Waals surface area contributed by atoms with Gasteiger partial charge in [0, 0.05) is 0 Å². The molecule has 0 radical (unpaired) electrons. The molecule has 0 spiro atoms. The first kappa shape index (κ1) is 14.4. The fourth-order valence-electron chi connectivity index (χ4n) is 2.92. The number of hydrogen-bond acceptors (Lipinski definition) is 2. The number of benzene rings is 1. The fourth-order valence-corrected chi connectivity index (χ4v) is 2.92. The van der Waals surface area contributed by atoms with E-state index in [9.17, 15) is 0 Å². The van der Waals surface area contributed by atoms with Crippen LogP contribution in [-0.4, -0.2) is 20.2 Å². The lowest BCUT2D eigenvalue weighted by atomic mass is 9.82. The van der Waals surface area contributed by atoms with Crippen LogP contribution in [0.15, 0.2) is 18.2 Å². The highest BCUT2D eigenvalue weighted by Crippen LogP contribution is 2.35. The Morgan fingerprint density at radius 1 is 1.16 bits per heavy atom. The van der Waals surface area contributed by atoms with Crippen LogP contribution in [0.2, 0.25) is 0 Å². The average molecular weight is 261 g/mol. The summed E-state index contributed by atoms with van der Waals surface area (Å²) in [6.45, 7) is 9.07. The van der Waals surface area contributed by atoms with Gasteiger partial charge in [0.25, 0.3) is 0 Å². The van der Waals surface area contributed by atoms with Crippen molar-refractivity contribution in [2.75, 3.05) is 20.2 Å². The Morgan fingerprint density at radius 3 is 2.63 bits per heavy atom. The minimum atomic E-state index is 0.129. The van der Waals surface area contributed by atoms with E-state index in [0.717, 1.165) is 12.3 Å². The van der Waals surface area contributed by atoms with E-state index in [2.05, 4.69) is 44.3 Å². The summed E-state index contributed by atoms with van der Waals surface area (Å²) >= 11 is 0. The molecule has 1 heterocycles. The third-order valence-corrected chi connectivity index (χ3v) is 4.08. The van der Waals surface area contributed by atoms with Crippen molar-refractivity contribution >= 4 is 0 Å². The maximum Gasteiger partial charge on any atom is 0.122 e. The molecular formula is C17H27NO. The molecule has 0 amide bonds. The summed E-state index contributed by atoms with van der Waals surface area (Å²) in [6.07, 6.45) is 3.82. The average Bonchev–Trinajstić information content (AvgIpc) is 2.66. The topological polar surface area (TPSA) is 21.3 Å². The number of methoxy groups -OCH3 is 1. The molecule has 1 saturated heterocycles. The molecule has 1 atom stereocenters. The molecule has 1 aliphatic heterocycles. The van der Waals surface area contributed by atoms with Crippen molar-refractivity contribution in [3.05, 3.63) is 29.3 Å². The van der Waals surface area contributed by atoms with Gasteiger partial charge in [-0.05, 0) is 60.9 Å². The van der Waals surface area contributed by atoms with Crippen molar-refractivity contribution < 1.29 is 4.74 Å². The van der Waals surface area contributed by atoms with Gasteiger partial charge >= 0.3 is 0 Å². The van der Waals surface area contributed by atoms with Gasteiger partial charge in [-0.3, -0.25) is 0 Å². The maximum absolute atomic E-state index is 5.53. The molecule has 1 aromatic carbocycles. The monoisotopic (exact) mass is 261 g/mol. The van der Waals surface area contributed by atoms with E-state index in [0.29, 0.717) is 5.92 Å². The van der Waals surface area contributed by atoms with Gasteiger partial charge in [-0.1, -0.05) is 32.9 Å². The second kappa shape index (κ2) is 5.96. The van der Waals surface area contributed by atoms with Gasteiger partial charge in [0.05, 0.1) is 7.11 Å². The van der Waals surface area contributed by atoms with Gasteiger partial charge in [0.2, 0.25) is 0 Å². The molecule has 19 heavy (non-hydrogen) atoms. The highest BCUT2D eigenvalue weighted by molar-refractivity contribution is 5.42. The number of hydrogen-bond donors (Lipinski definition) is 1. The first-order valence-corrected chi connectivity index (χ1v) is 7.41. The van der Waals surface area contributed by atoms with Crippen molar-refractivity contribution in [1.29, 1.82) is 0 Å². The Kier molecular flexibility index (Phi) is 4.51. The van der Waals surface area contributed by atoms with E-state index in [-0.39, 0.29) is 5.41 Å². The molecule has 2 nitrogen and oxygen atoms in total. The zero-order valence-corrected chi connectivity index (χ0v) is 12.8. The third kappa shape index (κ3) is 3.50. The van der Waals surface area contributed by atoms with Crippen LogP contribution in [0.1, 0.15) is 57.1 Å². The molecule has 1 aliphatic rings. The highest BCUT2D eigenvalue weighted by Gasteiger charge is 2.22. The minimum Gasteiger partial charge on any atom is -0.496 e. The predicted octanol–water partition coefficient (Wildman–Crippen LogP) is 3.85. The van der Waals surface area contributed by atoms with Gasteiger partial charge in [-0.2, -0.15) is 0 Å². The molecule has 0 bridgehead atoms. The number of ether oxygens (including phenoxy) is 1. The first-order chi connectivity index (χ1) is 9.02. The van der Waals surface area contributed by atoms with Crippen molar-refractivity contribution in [1.82, 2.24) is 5.32 Å². The van der Waals surface area contributed by atoms with Crippen molar-refractivity contribution in [3.8, 4) is 5.75 Å². The summed E-state index contributed by atoms with van der Waals surface area (Å²) in [5.74, 6) is 1.71. The van der Waals surface area contributed by atoms with Crippen LogP contribution in [0.5, 0.6) is 5.75 Å². The largest absolute Gasteiger partial charge is 0.496 e. The quantitative estimate of drug-likeness (QED) is 0.873. The van der Waals surface area contributed by atoms with Crippen LogP contribution < -0.4 is 10.1 Å². The number of rotatable bonds is 2. The summed E-state index contributed by atoms with van der Waals surface area (Å²) in [6, 6.07) is 6.77.